The van der Waals surface area contributed by atoms with E-state index in [4.69, 9.17) is 17.3 Å². The molecule has 2 aromatic rings. The van der Waals surface area contributed by atoms with Crippen molar-refractivity contribution in [3.63, 3.8) is 0 Å². The van der Waals surface area contributed by atoms with Crippen LogP contribution in [0.4, 0.5) is 18.9 Å². The summed E-state index contributed by atoms with van der Waals surface area (Å²) in [7, 11) is -4.17. The summed E-state index contributed by atoms with van der Waals surface area (Å²) in [5.41, 5.74) is 5.62. The third-order valence-electron chi connectivity index (χ3n) is 5.60. The number of hydrogen-bond acceptors (Lipinski definition) is 5. The highest BCUT2D eigenvalue weighted by Gasteiger charge is 2.57. The van der Waals surface area contributed by atoms with Gasteiger partial charge in [0.25, 0.3) is 5.92 Å². The first-order valence-corrected chi connectivity index (χ1v) is 11.7. The summed E-state index contributed by atoms with van der Waals surface area (Å²) >= 11 is 5.88. The second-order valence-corrected chi connectivity index (χ2v) is 10.5. The van der Waals surface area contributed by atoms with Crippen LogP contribution in [0.3, 0.4) is 0 Å². The number of carbonyl (C=O) groups excluding carboxylic acids is 2. The molecular formula is C21H19Cl2F3N2O4S. The molecule has 0 radical (unpaired) electrons. The first-order valence-electron chi connectivity index (χ1n) is 9.68. The molecule has 1 amide bonds. The average molecular weight is 523 g/mol. The summed E-state index contributed by atoms with van der Waals surface area (Å²) in [5, 5.41) is 0.447. The van der Waals surface area contributed by atoms with Crippen molar-refractivity contribution in [2.45, 2.75) is 36.2 Å². The van der Waals surface area contributed by atoms with Crippen molar-refractivity contribution in [1.82, 2.24) is 0 Å². The van der Waals surface area contributed by atoms with E-state index in [9.17, 15) is 31.2 Å². The average Bonchev–Trinajstić information content (AvgIpc) is 3.32. The maximum atomic E-state index is 14.7. The third-order valence-corrected chi connectivity index (χ3v) is 7.65. The van der Waals surface area contributed by atoms with Crippen molar-refractivity contribution in [3.8, 4) is 0 Å². The van der Waals surface area contributed by atoms with E-state index >= 15 is 0 Å². The van der Waals surface area contributed by atoms with Crippen LogP contribution in [0.25, 0.3) is 0 Å². The fourth-order valence-corrected chi connectivity index (χ4v) is 5.39. The molecule has 0 spiro atoms. The van der Waals surface area contributed by atoms with Crippen LogP contribution in [0.2, 0.25) is 5.02 Å². The number of ketones is 1. The fourth-order valence-electron chi connectivity index (χ4n) is 3.69. The largest absolute Gasteiger partial charge is 0.319 e. The molecule has 2 atom stereocenters. The number of rotatable bonds is 5. The Morgan fingerprint density at radius 2 is 1.82 bits per heavy atom. The van der Waals surface area contributed by atoms with Gasteiger partial charge < -0.3 is 10.6 Å². The standard InChI is InChI=1S/C21H18ClF3N2O4S.ClH/c22-13-3-1-11(2-4-13)9-27-17-6-14(18(28)5-12-8-21(12,24)25)15(23)7-19(17)32(30,31)10-16(26)20(27)29;/h1-4,6-7,12,16H,5,8-10,26H2;1H/t12-,16-;/m0./s1. The van der Waals surface area contributed by atoms with E-state index in [-0.39, 0.29) is 24.6 Å². The van der Waals surface area contributed by atoms with E-state index in [0.29, 0.717) is 16.7 Å². The van der Waals surface area contributed by atoms with Gasteiger partial charge in [-0.1, -0.05) is 23.7 Å². The van der Waals surface area contributed by atoms with Gasteiger partial charge in [-0.05, 0) is 29.8 Å². The molecule has 12 heteroatoms. The molecule has 178 valence electrons. The fraction of sp³-hybridized carbons (Fsp3) is 0.333. The Balaban J connectivity index is 0.00000306. The van der Waals surface area contributed by atoms with Crippen LogP contribution in [0, 0.1) is 11.7 Å². The number of anilines is 1. The number of alkyl halides is 2. The molecule has 1 aliphatic heterocycles. The summed E-state index contributed by atoms with van der Waals surface area (Å²) < 4.78 is 66.7. The van der Waals surface area contributed by atoms with Crippen LogP contribution in [0.15, 0.2) is 41.3 Å². The zero-order valence-electron chi connectivity index (χ0n) is 16.9. The maximum absolute atomic E-state index is 14.7. The van der Waals surface area contributed by atoms with Crippen molar-refractivity contribution in [2.75, 3.05) is 10.7 Å². The molecule has 2 N–H and O–H groups in total. The zero-order chi connectivity index (χ0) is 23.4. The van der Waals surface area contributed by atoms with E-state index in [1.54, 1.807) is 24.3 Å². The second kappa shape index (κ2) is 8.90. The SMILES string of the molecule is Cl.N[C@H]1CS(=O)(=O)c2cc(F)c(C(=O)C[C@H]3CC3(F)F)cc2N(Cc2ccc(Cl)cc2)C1=O. The number of Topliss-reactive ketones (excluding diaryl/α,β-unsaturated/α-hetero) is 1. The molecular weight excluding hydrogens is 504 g/mol. The van der Waals surface area contributed by atoms with Crippen LogP contribution in [0.5, 0.6) is 0 Å². The first kappa shape index (κ1) is 25.5. The van der Waals surface area contributed by atoms with Crippen molar-refractivity contribution in [3.05, 3.63) is 58.4 Å². The summed E-state index contributed by atoms with van der Waals surface area (Å²) in [4.78, 5) is 26.0. The van der Waals surface area contributed by atoms with Gasteiger partial charge in [-0.25, -0.2) is 21.6 Å². The molecule has 0 saturated heterocycles. The predicted octanol–water partition coefficient (Wildman–Crippen LogP) is 3.78. The lowest BCUT2D eigenvalue weighted by molar-refractivity contribution is -0.119. The number of hydrogen-bond donors (Lipinski definition) is 1. The van der Waals surface area contributed by atoms with Crippen LogP contribution in [0.1, 0.15) is 28.8 Å². The second-order valence-electron chi connectivity index (χ2n) is 8.03. The van der Waals surface area contributed by atoms with Crippen molar-refractivity contribution in [1.29, 1.82) is 0 Å². The molecule has 2 aromatic carbocycles. The van der Waals surface area contributed by atoms with Gasteiger partial charge in [-0.3, -0.25) is 9.59 Å². The first-order chi connectivity index (χ1) is 14.9. The highest BCUT2D eigenvalue weighted by molar-refractivity contribution is 7.91. The molecule has 4 rings (SSSR count). The molecule has 0 unspecified atom stereocenters. The molecule has 1 saturated carbocycles. The lowest BCUT2D eigenvalue weighted by Gasteiger charge is -2.25. The number of fused-ring (bicyclic) bond motifs is 1. The number of amides is 1. The summed E-state index contributed by atoms with van der Waals surface area (Å²) in [6.45, 7) is -0.119. The number of nitrogens with zero attached hydrogens (tertiary/aromatic N) is 1. The van der Waals surface area contributed by atoms with E-state index in [1.165, 1.54) is 0 Å². The molecule has 0 bridgehead atoms. The number of nitrogens with two attached hydrogens (primary N) is 1. The van der Waals surface area contributed by atoms with Crippen LogP contribution >= 0.6 is 24.0 Å². The summed E-state index contributed by atoms with van der Waals surface area (Å²) in [6.07, 6.45) is -1.05. The lowest BCUT2D eigenvalue weighted by Crippen LogP contribution is -2.45. The topological polar surface area (TPSA) is 97.5 Å². The molecule has 1 heterocycles. The number of halogens is 5. The van der Waals surface area contributed by atoms with Crippen LogP contribution in [-0.2, 0) is 21.2 Å². The van der Waals surface area contributed by atoms with Crippen molar-refractivity contribution in [2.24, 2.45) is 11.7 Å². The Morgan fingerprint density at radius 3 is 2.39 bits per heavy atom. The summed E-state index contributed by atoms with van der Waals surface area (Å²) in [5.74, 6) is -7.67. The van der Waals surface area contributed by atoms with Gasteiger partial charge >= 0.3 is 0 Å². The Hall–Kier alpha value is -2.14. The van der Waals surface area contributed by atoms with Gasteiger partial charge in [-0.2, -0.15) is 0 Å². The number of benzene rings is 2. The number of carbonyl (C=O) groups is 2. The van der Waals surface area contributed by atoms with Gasteiger partial charge in [0.05, 0.1) is 34.5 Å². The Morgan fingerprint density at radius 1 is 1.21 bits per heavy atom. The van der Waals surface area contributed by atoms with Gasteiger partial charge in [-0.15, -0.1) is 12.4 Å². The van der Waals surface area contributed by atoms with Crippen LogP contribution < -0.4 is 10.6 Å². The molecule has 1 aliphatic carbocycles. The highest BCUT2D eigenvalue weighted by Crippen LogP contribution is 2.51. The number of sulfone groups is 1. The van der Waals surface area contributed by atoms with Gasteiger partial charge in [0.15, 0.2) is 15.6 Å². The molecule has 2 aliphatic rings. The summed E-state index contributed by atoms with van der Waals surface area (Å²) in [6, 6.07) is 6.57. The predicted molar refractivity (Wildman–Crippen MR) is 118 cm³/mol. The minimum Gasteiger partial charge on any atom is -0.319 e. The molecule has 0 aromatic heterocycles. The minimum atomic E-state index is -4.17. The van der Waals surface area contributed by atoms with E-state index in [0.717, 1.165) is 11.0 Å². The van der Waals surface area contributed by atoms with E-state index in [2.05, 4.69) is 0 Å². The normalized spacial score (nSPS) is 22.7. The third kappa shape index (κ3) is 5.03. The smallest absolute Gasteiger partial charge is 0.252 e. The van der Waals surface area contributed by atoms with Crippen molar-refractivity contribution >= 4 is 51.2 Å². The maximum Gasteiger partial charge on any atom is 0.252 e. The minimum absolute atomic E-state index is 0. The molecule has 33 heavy (non-hydrogen) atoms. The van der Waals surface area contributed by atoms with Gasteiger partial charge in [0, 0.05) is 23.8 Å². The van der Waals surface area contributed by atoms with Gasteiger partial charge in [0.2, 0.25) is 5.91 Å². The molecule has 1 fully saturated rings. The molecule has 6 nitrogen and oxygen atoms in total. The zero-order valence-corrected chi connectivity index (χ0v) is 19.3. The van der Waals surface area contributed by atoms with E-state index < -0.39 is 74.3 Å². The van der Waals surface area contributed by atoms with E-state index in [1.807, 2.05) is 0 Å². The Kier molecular flexibility index (Phi) is 6.87. The van der Waals surface area contributed by atoms with Crippen LogP contribution in [-0.4, -0.2) is 37.8 Å². The highest BCUT2D eigenvalue weighted by atomic mass is 35.5. The Bertz CT molecular complexity index is 1220. The quantitative estimate of drug-likeness (QED) is 0.602. The van der Waals surface area contributed by atoms with Crippen molar-refractivity contribution < 1.29 is 31.2 Å². The van der Waals surface area contributed by atoms with Gasteiger partial charge in [0.1, 0.15) is 5.82 Å². The Labute approximate surface area is 199 Å². The monoisotopic (exact) mass is 522 g/mol. The lowest BCUT2D eigenvalue weighted by atomic mass is 10.0.